The number of aromatic hydroxyl groups is 1. The number of carbonyl (C=O) groups excluding carboxylic acids is 2. The maximum atomic E-state index is 12.2. The zero-order valence-corrected chi connectivity index (χ0v) is 15.7. The number of nitrogens with zero attached hydrogens (tertiary/aromatic N) is 1. The smallest absolute Gasteiger partial charge is 0.342 e. The van der Waals surface area contributed by atoms with Gasteiger partial charge in [0.15, 0.2) is 6.61 Å². The van der Waals surface area contributed by atoms with E-state index in [-0.39, 0.29) is 17.2 Å². The van der Waals surface area contributed by atoms with Crippen LogP contribution in [0.25, 0.3) is 0 Å². The molecule has 1 amide bonds. The number of methoxy groups -OCH3 is 1. The van der Waals surface area contributed by atoms with Crippen molar-refractivity contribution in [3.8, 4) is 11.5 Å². The number of likely N-dealkylation sites (N-methyl/N-ethyl adjacent to an activating group) is 1. The third-order valence-electron chi connectivity index (χ3n) is 3.76. The molecule has 0 aromatic heterocycles. The van der Waals surface area contributed by atoms with Gasteiger partial charge in [0.25, 0.3) is 5.91 Å². The molecule has 0 atom stereocenters. The zero-order chi connectivity index (χ0) is 19.1. The fourth-order valence-electron chi connectivity index (χ4n) is 2.22. The Labute approximate surface area is 156 Å². The van der Waals surface area contributed by atoms with Crippen molar-refractivity contribution in [3.05, 3.63) is 53.6 Å². The van der Waals surface area contributed by atoms with Crippen LogP contribution in [0.1, 0.15) is 15.9 Å². The monoisotopic (exact) mass is 375 g/mol. The molecule has 0 spiro atoms. The fraction of sp³-hybridized carbons (Fsp3) is 0.263. The molecule has 6 nitrogen and oxygen atoms in total. The number of hydrogen-bond acceptors (Lipinski definition) is 6. The first-order valence-electron chi connectivity index (χ1n) is 7.85. The van der Waals surface area contributed by atoms with E-state index in [0.29, 0.717) is 12.3 Å². The Morgan fingerprint density at radius 3 is 2.42 bits per heavy atom. The number of carbonyl (C=O) groups is 2. The maximum Gasteiger partial charge on any atom is 0.342 e. The number of amides is 1. The third-order valence-corrected chi connectivity index (χ3v) is 4.50. The van der Waals surface area contributed by atoms with E-state index in [1.165, 1.54) is 30.2 Å². The van der Waals surface area contributed by atoms with Gasteiger partial charge in [0.1, 0.15) is 17.1 Å². The summed E-state index contributed by atoms with van der Waals surface area (Å²) in [7, 11) is 3.10. The van der Waals surface area contributed by atoms with Gasteiger partial charge in [-0.1, -0.05) is 12.1 Å². The molecule has 0 fully saturated rings. The molecular weight excluding hydrogens is 354 g/mol. The van der Waals surface area contributed by atoms with Crippen molar-refractivity contribution in [3.63, 3.8) is 0 Å². The third kappa shape index (κ3) is 5.16. The van der Waals surface area contributed by atoms with E-state index in [2.05, 4.69) is 0 Å². The highest BCUT2D eigenvalue weighted by molar-refractivity contribution is 7.98. The van der Waals surface area contributed by atoms with Gasteiger partial charge < -0.3 is 19.5 Å². The number of phenolic OH excluding ortho intramolecular Hbond substituents is 1. The van der Waals surface area contributed by atoms with Crippen LogP contribution in [0.4, 0.5) is 0 Å². The van der Waals surface area contributed by atoms with Crippen molar-refractivity contribution in [1.82, 2.24) is 4.90 Å². The van der Waals surface area contributed by atoms with E-state index in [0.717, 1.165) is 10.5 Å². The van der Waals surface area contributed by atoms with Gasteiger partial charge in [-0.05, 0) is 36.1 Å². The van der Waals surface area contributed by atoms with Crippen LogP contribution in [-0.4, -0.2) is 48.9 Å². The molecular formula is C19H21NO5S. The molecule has 0 aliphatic heterocycles. The average Bonchev–Trinajstić information content (AvgIpc) is 2.66. The zero-order valence-electron chi connectivity index (χ0n) is 14.9. The minimum Gasteiger partial charge on any atom is -0.507 e. The summed E-state index contributed by atoms with van der Waals surface area (Å²) in [6, 6.07) is 12.1. The Bertz CT molecular complexity index is 776. The second kappa shape index (κ2) is 9.15. The Balaban J connectivity index is 1.89. The minimum absolute atomic E-state index is 0.0195. The Kier molecular flexibility index (Phi) is 6.91. The van der Waals surface area contributed by atoms with Gasteiger partial charge in [0, 0.05) is 24.6 Å². The molecule has 0 unspecified atom stereocenters. The van der Waals surface area contributed by atoms with Crippen molar-refractivity contribution >= 4 is 23.6 Å². The van der Waals surface area contributed by atoms with Crippen molar-refractivity contribution in [2.24, 2.45) is 0 Å². The van der Waals surface area contributed by atoms with E-state index in [9.17, 15) is 14.7 Å². The van der Waals surface area contributed by atoms with Gasteiger partial charge in [-0.3, -0.25) is 4.79 Å². The van der Waals surface area contributed by atoms with Gasteiger partial charge in [-0.15, -0.1) is 11.8 Å². The number of thioether (sulfide) groups is 1. The molecule has 1 N–H and O–H groups in total. The van der Waals surface area contributed by atoms with Crippen LogP contribution in [0.2, 0.25) is 0 Å². The first kappa shape index (κ1) is 19.7. The van der Waals surface area contributed by atoms with Crippen LogP contribution in [-0.2, 0) is 16.1 Å². The maximum absolute atomic E-state index is 12.2. The summed E-state index contributed by atoms with van der Waals surface area (Å²) in [5, 5.41) is 9.83. The molecule has 2 rings (SSSR count). The lowest BCUT2D eigenvalue weighted by atomic mass is 10.2. The van der Waals surface area contributed by atoms with E-state index in [1.807, 2.05) is 30.5 Å². The number of phenols is 1. The molecule has 0 heterocycles. The molecule has 138 valence electrons. The quantitative estimate of drug-likeness (QED) is 0.592. The largest absolute Gasteiger partial charge is 0.507 e. The second-order valence-corrected chi connectivity index (χ2v) is 6.44. The standard InChI is InChI=1S/C19H21NO5S/c1-20(11-13-4-7-15(26-3)8-5-13)18(22)12-25-19(23)16-9-6-14(24-2)10-17(16)21/h4-10,21H,11-12H2,1-3H3. The molecule has 0 aliphatic carbocycles. The fourth-order valence-corrected chi connectivity index (χ4v) is 2.63. The lowest BCUT2D eigenvalue weighted by molar-refractivity contribution is -0.133. The number of ether oxygens (including phenoxy) is 2. The molecule has 0 saturated carbocycles. The summed E-state index contributed by atoms with van der Waals surface area (Å²) in [6.45, 7) is 0.0164. The molecule has 26 heavy (non-hydrogen) atoms. The van der Waals surface area contributed by atoms with Crippen molar-refractivity contribution < 1.29 is 24.2 Å². The summed E-state index contributed by atoms with van der Waals surface area (Å²) >= 11 is 1.65. The lowest BCUT2D eigenvalue weighted by Crippen LogP contribution is -2.30. The van der Waals surface area contributed by atoms with Crippen molar-refractivity contribution in [1.29, 1.82) is 0 Å². The summed E-state index contributed by atoms with van der Waals surface area (Å²) in [5.74, 6) is -0.942. The highest BCUT2D eigenvalue weighted by Gasteiger charge is 2.17. The minimum atomic E-state index is -0.767. The van der Waals surface area contributed by atoms with Crippen LogP contribution in [0.3, 0.4) is 0 Å². The van der Waals surface area contributed by atoms with Crippen LogP contribution >= 0.6 is 11.8 Å². The van der Waals surface area contributed by atoms with E-state index in [4.69, 9.17) is 9.47 Å². The SMILES string of the molecule is COc1ccc(C(=O)OCC(=O)N(C)Cc2ccc(SC)cc2)c(O)c1. The van der Waals surface area contributed by atoms with Crippen LogP contribution < -0.4 is 4.74 Å². The molecule has 0 aliphatic rings. The lowest BCUT2D eigenvalue weighted by Gasteiger charge is -2.17. The van der Waals surface area contributed by atoms with Crippen LogP contribution in [0, 0.1) is 0 Å². The Morgan fingerprint density at radius 2 is 1.85 bits per heavy atom. The first-order valence-corrected chi connectivity index (χ1v) is 9.08. The van der Waals surface area contributed by atoms with Gasteiger partial charge in [-0.2, -0.15) is 0 Å². The highest BCUT2D eigenvalue weighted by atomic mass is 32.2. The molecule has 0 radical (unpaired) electrons. The molecule has 0 bridgehead atoms. The van der Waals surface area contributed by atoms with E-state index < -0.39 is 12.6 Å². The van der Waals surface area contributed by atoms with Crippen molar-refractivity contribution in [2.75, 3.05) is 27.0 Å². The second-order valence-electron chi connectivity index (χ2n) is 5.56. The summed E-state index contributed by atoms with van der Waals surface area (Å²) in [4.78, 5) is 26.8. The summed E-state index contributed by atoms with van der Waals surface area (Å²) in [5.41, 5.74) is 0.965. The number of hydrogen-bond donors (Lipinski definition) is 1. The topological polar surface area (TPSA) is 76.1 Å². The normalized spacial score (nSPS) is 10.3. The predicted molar refractivity (Wildman–Crippen MR) is 99.6 cm³/mol. The van der Waals surface area contributed by atoms with Crippen LogP contribution in [0.5, 0.6) is 11.5 Å². The van der Waals surface area contributed by atoms with Crippen LogP contribution in [0.15, 0.2) is 47.4 Å². The number of benzene rings is 2. The van der Waals surface area contributed by atoms with Crippen molar-refractivity contribution in [2.45, 2.75) is 11.4 Å². The molecule has 2 aromatic carbocycles. The van der Waals surface area contributed by atoms with Gasteiger partial charge in [0.2, 0.25) is 0 Å². The first-order chi connectivity index (χ1) is 12.4. The highest BCUT2D eigenvalue weighted by Crippen LogP contribution is 2.24. The average molecular weight is 375 g/mol. The molecule has 2 aromatic rings. The van der Waals surface area contributed by atoms with E-state index in [1.54, 1.807) is 18.8 Å². The molecule has 7 heteroatoms. The number of rotatable bonds is 7. The van der Waals surface area contributed by atoms with E-state index >= 15 is 0 Å². The predicted octanol–water partition coefficient (Wildman–Crippen LogP) is 2.94. The molecule has 0 saturated heterocycles. The number of esters is 1. The summed E-state index contributed by atoms with van der Waals surface area (Å²) in [6.07, 6.45) is 2.00. The van der Waals surface area contributed by atoms with Gasteiger partial charge in [-0.25, -0.2) is 4.79 Å². The Morgan fingerprint density at radius 1 is 1.15 bits per heavy atom. The van der Waals surface area contributed by atoms with Gasteiger partial charge in [0.05, 0.1) is 7.11 Å². The van der Waals surface area contributed by atoms with Gasteiger partial charge >= 0.3 is 5.97 Å². The Hall–Kier alpha value is -2.67. The summed E-state index contributed by atoms with van der Waals surface area (Å²) < 4.78 is 9.96.